The van der Waals surface area contributed by atoms with Gasteiger partial charge in [-0.25, -0.2) is 0 Å². The molecular weight excluding hydrogens is 316 g/mol. The van der Waals surface area contributed by atoms with Gasteiger partial charge in [-0.05, 0) is 74.5 Å². The lowest BCUT2D eigenvalue weighted by Crippen LogP contribution is -2.61. The van der Waals surface area contributed by atoms with Gasteiger partial charge in [0.05, 0.1) is 6.10 Å². The van der Waals surface area contributed by atoms with Gasteiger partial charge in [0, 0.05) is 18.3 Å². The molecule has 4 rings (SSSR count). The second kappa shape index (κ2) is 5.39. The van der Waals surface area contributed by atoms with Crippen molar-refractivity contribution in [2.24, 2.45) is 34.5 Å². The van der Waals surface area contributed by atoms with Gasteiger partial charge in [-0.1, -0.05) is 13.8 Å². The number of carbonyl (C=O) groups is 2. The Labute approximate surface area is 150 Å². The zero-order chi connectivity index (χ0) is 18.2. The molecule has 4 saturated carbocycles. The smallest absolute Gasteiger partial charge is 0.161 e. The molecule has 0 saturated heterocycles. The van der Waals surface area contributed by atoms with Crippen molar-refractivity contribution in [2.45, 2.75) is 83.8 Å². The molecule has 4 fully saturated rings. The van der Waals surface area contributed by atoms with Gasteiger partial charge in [-0.2, -0.15) is 0 Å². The molecule has 4 aliphatic rings. The maximum Gasteiger partial charge on any atom is 0.161 e. The van der Waals surface area contributed by atoms with Crippen LogP contribution in [0.25, 0.3) is 0 Å². The molecule has 0 aromatic carbocycles. The second-order valence-corrected chi connectivity index (χ2v) is 9.95. The molecule has 25 heavy (non-hydrogen) atoms. The molecule has 140 valence electrons. The average Bonchev–Trinajstić information content (AvgIpc) is 2.82. The van der Waals surface area contributed by atoms with Crippen LogP contribution < -0.4 is 0 Å². The number of ketones is 2. The lowest BCUT2D eigenvalue weighted by molar-refractivity contribution is -0.188. The minimum Gasteiger partial charge on any atom is -0.393 e. The number of hydrogen-bond acceptors (Lipinski definition) is 4. The summed E-state index contributed by atoms with van der Waals surface area (Å²) in [6, 6.07) is 0. The third-order valence-electron chi connectivity index (χ3n) is 9.23. The van der Waals surface area contributed by atoms with Crippen LogP contribution in [0.2, 0.25) is 0 Å². The molecule has 0 bridgehead atoms. The SMILES string of the molecule is CC(=O)[C@@]1(O)CC[C@H]2[C@@H]3[C@@H](O)C[C@H]4CC(=O)CC[C@]4(C)[C@H]3CC[C@@]21C. The van der Waals surface area contributed by atoms with Gasteiger partial charge < -0.3 is 10.2 Å². The van der Waals surface area contributed by atoms with Gasteiger partial charge in [-0.15, -0.1) is 0 Å². The predicted molar refractivity (Wildman–Crippen MR) is 93.8 cm³/mol. The van der Waals surface area contributed by atoms with Gasteiger partial charge in [-0.3, -0.25) is 9.59 Å². The fourth-order valence-electron chi connectivity index (χ4n) is 7.61. The number of aliphatic hydroxyl groups is 2. The molecule has 0 unspecified atom stereocenters. The van der Waals surface area contributed by atoms with Crippen molar-refractivity contribution in [3.63, 3.8) is 0 Å². The van der Waals surface area contributed by atoms with Gasteiger partial charge in [0.25, 0.3) is 0 Å². The van der Waals surface area contributed by atoms with Gasteiger partial charge in [0.15, 0.2) is 5.78 Å². The number of Topliss-reactive ketones (excluding diaryl/α,β-unsaturated/α-hetero) is 2. The summed E-state index contributed by atoms with van der Waals surface area (Å²) >= 11 is 0. The lowest BCUT2D eigenvalue weighted by Gasteiger charge is -2.62. The highest BCUT2D eigenvalue weighted by Crippen LogP contribution is 2.68. The fraction of sp³-hybridized carbons (Fsp3) is 0.905. The van der Waals surface area contributed by atoms with E-state index >= 15 is 0 Å². The van der Waals surface area contributed by atoms with E-state index < -0.39 is 17.1 Å². The van der Waals surface area contributed by atoms with Crippen LogP contribution in [0, 0.1) is 34.5 Å². The van der Waals surface area contributed by atoms with Crippen molar-refractivity contribution in [1.29, 1.82) is 0 Å². The van der Waals surface area contributed by atoms with Crippen LogP contribution in [0.15, 0.2) is 0 Å². The monoisotopic (exact) mass is 348 g/mol. The maximum atomic E-state index is 12.2. The summed E-state index contributed by atoms with van der Waals surface area (Å²) in [6.07, 6.45) is 5.67. The first-order valence-corrected chi connectivity index (χ1v) is 10.1. The summed E-state index contributed by atoms with van der Waals surface area (Å²) < 4.78 is 0. The summed E-state index contributed by atoms with van der Waals surface area (Å²) in [4.78, 5) is 24.2. The Morgan fingerprint density at radius 3 is 2.48 bits per heavy atom. The normalized spacial score (nSPS) is 55.2. The van der Waals surface area contributed by atoms with Crippen LogP contribution in [0.1, 0.15) is 72.1 Å². The predicted octanol–water partition coefficient (Wildman–Crippen LogP) is 2.89. The van der Waals surface area contributed by atoms with E-state index in [0.29, 0.717) is 43.3 Å². The fourth-order valence-corrected chi connectivity index (χ4v) is 7.61. The highest BCUT2D eigenvalue weighted by molar-refractivity contribution is 5.86. The topological polar surface area (TPSA) is 74.6 Å². The molecule has 0 heterocycles. The van der Waals surface area contributed by atoms with Gasteiger partial charge in [0.1, 0.15) is 11.4 Å². The quantitative estimate of drug-likeness (QED) is 0.764. The molecule has 0 aromatic heterocycles. The van der Waals surface area contributed by atoms with E-state index in [1.165, 1.54) is 6.92 Å². The molecule has 4 aliphatic carbocycles. The molecule has 0 radical (unpaired) electrons. The Morgan fingerprint density at radius 2 is 1.80 bits per heavy atom. The molecule has 0 aromatic rings. The lowest BCUT2D eigenvalue weighted by atomic mass is 9.43. The van der Waals surface area contributed by atoms with Gasteiger partial charge in [0.2, 0.25) is 0 Å². The Morgan fingerprint density at radius 1 is 1.12 bits per heavy atom. The van der Waals surface area contributed by atoms with Gasteiger partial charge >= 0.3 is 0 Å². The van der Waals surface area contributed by atoms with Crippen molar-refractivity contribution < 1.29 is 19.8 Å². The van der Waals surface area contributed by atoms with E-state index in [1.807, 2.05) is 0 Å². The molecule has 0 aliphatic heterocycles. The van der Waals surface area contributed by atoms with Crippen molar-refractivity contribution in [1.82, 2.24) is 0 Å². The zero-order valence-corrected chi connectivity index (χ0v) is 15.8. The first kappa shape index (κ1) is 17.7. The molecular formula is C21H32O4. The van der Waals surface area contributed by atoms with Crippen LogP contribution >= 0.6 is 0 Å². The molecule has 4 nitrogen and oxygen atoms in total. The summed E-state index contributed by atoms with van der Waals surface area (Å²) in [7, 11) is 0. The summed E-state index contributed by atoms with van der Waals surface area (Å²) in [5, 5.41) is 22.2. The number of aliphatic hydroxyl groups excluding tert-OH is 1. The Bertz CT molecular complexity index is 615. The van der Waals surface area contributed by atoms with Crippen LogP contribution in [-0.2, 0) is 9.59 Å². The van der Waals surface area contributed by atoms with Crippen molar-refractivity contribution in [3.8, 4) is 0 Å². The molecule has 0 amide bonds. The van der Waals surface area contributed by atoms with E-state index in [9.17, 15) is 19.8 Å². The number of carbonyl (C=O) groups excluding carboxylic acids is 2. The third kappa shape index (κ3) is 2.13. The molecule has 4 heteroatoms. The van der Waals surface area contributed by atoms with Crippen LogP contribution in [-0.4, -0.2) is 33.5 Å². The Kier molecular flexibility index (Phi) is 3.81. The summed E-state index contributed by atoms with van der Waals surface area (Å²) in [5.41, 5.74) is -1.53. The van der Waals surface area contributed by atoms with Crippen LogP contribution in [0.3, 0.4) is 0 Å². The molecule has 8 atom stereocenters. The summed E-state index contributed by atoms with van der Waals surface area (Å²) in [5.74, 6) is 1.28. The highest BCUT2D eigenvalue weighted by atomic mass is 16.3. The Balaban J connectivity index is 1.70. The van der Waals surface area contributed by atoms with E-state index in [2.05, 4.69) is 13.8 Å². The van der Waals surface area contributed by atoms with Crippen LogP contribution in [0.4, 0.5) is 0 Å². The van der Waals surface area contributed by atoms with Crippen molar-refractivity contribution in [3.05, 3.63) is 0 Å². The van der Waals surface area contributed by atoms with Crippen molar-refractivity contribution in [2.75, 3.05) is 0 Å². The van der Waals surface area contributed by atoms with E-state index in [0.717, 1.165) is 25.7 Å². The second-order valence-electron chi connectivity index (χ2n) is 9.95. The number of hydrogen-bond donors (Lipinski definition) is 2. The van der Waals surface area contributed by atoms with Crippen molar-refractivity contribution >= 4 is 11.6 Å². The number of fused-ring (bicyclic) bond motifs is 5. The zero-order valence-electron chi connectivity index (χ0n) is 15.8. The Hall–Kier alpha value is -0.740. The number of rotatable bonds is 1. The largest absolute Gasteiger partial charge is 0.393 e. The minimum absolute atomic E-state index is 0.117. The van der Waals surface area contributed by atoms with E-state index in [4.69, 9.17) is 0 Å². The average molecular weight is 348 g/mol. The highest BCUT2D eigenvalue weighted by Gasteiger charge is 2.67. The third-order valence-corrected chi connectivity index (χ3v) is 9.23. The summed E-state index contributed by atoms with van der Waals surface area (Å²) in [6.45, 7) is 5.93. The van der Waals surface area contributed by atoms with E-state index in [1.54, 1.807) is 0 Å². The van der Waals surface area contributed by atoms with Crippen LogP contribution in [0.5, 0.6) is 0 Å². The first-order valence-electron chi connectivity index (χ1n) is 10.1. The standard InChI is InChI=1S/C21H32O4/c1-12(22)21(25)9-6-16-18-15(5-8-20(16,21)3)19(2)7-4-14(23)10-13(19)11-17(18)24/h13,15-18,24-25H,4-11H2,1-3H3/t13-,15+,16+,17+,18-,19+,20+,21+/m1/s1. The van der Waals surface area contributed by atoms with E-state index in [-0.39, 0.29) is 23.0 Å². The first-order chi connectivity index (χ1) is 11.6. The molecule has 0 spiro atoms. The minimum atomic E-state index is -1.23. The maximum absolute atomic E-state index is 12.2. The molecule has 2 N–H and O–H groups in total.